The van der Waals surface area contributed by atoms with Crippen LogP contribution in [0.4, 0.5) is 34.1 Å². The second-order valence-corrected chi connectivity index (χ2v) is 13.0. The van der Waals surface area contributed by atoms with Crippen LogP contribution in [0.5, 0.6) is 0 Å². The molecule has 8 aromatic carbocycles. The van der Waals surface area contributed by atoms with E-state index in [1.807, 2.05) is 18.2 Å². The van der Waals surface area contributed by atoms with Gasteiger partial charge in [-0.25, -0.2) is 0 Å². The van der Waals surface area contributed by atoms with Crippen LogP contribution < -0.4 is 9.80 Å². The van der Waals surface area contributed by atoms with Gasteiger partial charge in [0.2, 0.25) is 0 Å². The Morgan fingerprint density at radius 1 is 0.288 bits per heavy atom. The minimum atomic E-state index is 0.819. The fourth-order valence-electron chi connectivity index (χ4n) is 7.42. The molecule has 2 heterocycles. The van der Waals surface area contributed by atoms with Crippen molar-refractivity contribution in [2.75, 3.05) is 9.80 Å². The van der Waals surface area contributed by atoms with Crippen LogP contribution in [0.25, 0.3) is 55.0 Å². The van der Waals surface area contributed by atoms with Gasteiger partial charge in [0, 0.05) is 50.4 Å². The second-order valence-electron chi connectivity index (χ2n) is 13.0. The highest BCUT2D eigenvalue weighted by Crippen LogP contribution is 2.44. The molecule has 4 nitrogen and oxygen atoms in total. The van der Waals surface area contributed by atoms with E-state index in [0.29, 0.717) is 0 Å². The van der Waals surface area contributed by atoms with Crippen molar-refractivity contribution < 1.29 is 8.83 Å². The van der Waals surface area contributed by atoms with Gasteiger partial charge in [0.1, 0.15) is 16.7 Å². The largest absolute Gasteiger partial charge is 0.456 e. The normalized spacial score (nSPS) is 11.5. The van der Waals surface area contributed by atoms with Crippen LogP contribution in [0, 0.1) is 0 Å². The van der Waals surface area contributed by atoms with E-state index in [4.69, 9.17) is 8.83 Å². The summed E-state index contributed by atoms with van der Waals surface area (Å²) in [7, 11) is 0. The van der Waals surface area contributed by atoms with Gasteiger partial charge in [0.05, 0.1) is 11.4 Å². The summed E-state index contributed by atoms with van der Waals surface area (Å²) in [6, 6.07) is 67.7. The lowest BCUT2D eigenvalue weighted by Gasteiger charge is -2.26. The first-order chi connectivity index (χ1) is 25.8. The summed E-state index contributed by atoms with van der Waals surface area (Å²) in [6.07, 6.45) is 0. The number of nitrogens with zero attached hydrogens (tertiary/aromatic N) is 2. The SMILES string of the molecule is c1ccc(-c2cccc(N(c3ccccc3)c3ccc4oc5cc(N(c6ccccc6)c6cccc7c6oc6ccccc67)ccc5c4c3)c2)cc1. The summed E-state index contributed by atoms with van der Waals surface area (Å²) in [5.74, 6) is 0. The van der Waals surface area contributed by atoms with E-state index >= 15 is 0 Å². The van der Waals surface area contributed by atoms with E-state index in [9.17, 15) is 0 Å². The number of benzene rings is 8. The Morgan fingerprint density at radius 3 is 1.65 bits per heavy atom. The summed E-state index contributed by atoms with van der Waals surface area (Å²) in [5, 5.41) is 4.31. The molecular weight excluding hydrogens is 637 g/mol. The van der Waals surface area contributed by atoms with Gasteiger partial charge in [-0.15, -0.1) is 0 Å². The molecule has 0 unspecified atom stereocenters. The number of hydrogen-bond donors (Lipinski definition) is 0. The van der Waals surface area contributed by atoms with Gasteiger partial charge >= 0.3 is 0 Å². The molecule has 0 atom stereocenters. The lowest BCUT2D eigenvalue weighted by molar-refractivity contribution is 0.667. The van der Waals surface area contributed by atoms with Gasteiger partial charge < -0.3 is 18.6 Å². The Bertz CT molecular complexity index is 2860. The highest BCUT2D eigenvalue weighted by Gasteiger charge is 2.21. The van der Waals surface area contributed by atoms with Crippen LogP contribution in [-0.2, 0) is 0 Å². The van der Waals surface area contributed by atoms with Crippen molar-refractivity contribution in [2.45, 2.75) is 0 Å². The molecule has 0 N–H and O–H groups in total. The summed E-state index contributed by atoms with van der Waals surface area (Å²) in [4.78, 5) is 4.56. The third-order valence-corrected chi connectivity index (χ3v) is 9.82. The average molecular weight is 669 g/mol. The fourth-order valence-corrected chi connectivity index (χ4v) is 7.42. The average Bonchev–Trinajstić information content (AvgIpc) is 3.78. The zero-order valence-electron chi connectivity index (χ0n) is 28.2. The molecule has 0 bridgehead atoms. The van der Waals surface area contributed by atoms with Gasteiger partial charge in [-0.05, 0) is 90.0 Å². The number of anilines is 6. The summed E-state index contributed by atoms with van der Waals surface area (Å²) in [5.41, 5.74) is 11.9. The van der Waals surface area contributed by atoms with Crippen LogP contribution in [0.3, 0.4) is 0 Å². The minimum Gasteiger partial charge on any atom is -0.456 e. The maximum absolute atomic E-state index is 6.61. The molecule has 52 heavy (non-hydrogen) atoms. The maximum Gasteiger partial charge on any atom is 0.159 e. The van der Waals surface area contributed by atoms with E-state index in [-0.39, 0.29) is 0 Å². The Labute approximate surface area is 301 Å². The summed E-state index contributed by atoms with van der Waals surface area (Å²) < 4.78 is 13.1. The first-order valence-electron chi connectivity index (χ1n) is 17.5. The van der Waals surface area contributed by atoms with Crippen molar-refractivity contribution in [3.05, 3.63) is 194 Å². The molecule has 0 amide bonds. The molecule has 0 saturated heterocycles. The minimum absolute atomic E-state index is 0.819. The van der Waals surface area contributed by atoms with Gasteiger partial charge in [0.15, 0.2) is 5.58 Å². The van der Waals surface area contributed by atoms with Gasteiger partial charge in [-0.1, -0.05) is 109 Å². The fraction of sp³-hybridized carbons (Fsp3) is 0. The topological polar surface area (TPSA) is 32.8 Å². The molecular formula is C48H32N2O2. The molecule has 246 valence electrons. The molecule has 0 fully saturated rings. The first kappa shape index (κ1) is 29.8. The third-order valence-electron chi connectivity index (χ3n) is 9.82. The van der Waals surface area contributed by atoms with E-state index in [0.717, 1.165) is 78.0 Å². The second kappa shape index (κ2) is 12.4. The van der Waals surface area contributed by atoms with Crippen molar-refractivity contribution in [3.63, 3.8) is 0 Å². The highest BCUT2D eigenvalue weighted by atomic mass is 16.3. The van der Waals surface area contributed by atoms with Crippen LogP contribution in [-0.4, -0.2) is 0 Å². The first-order valence-corrected chi connectivity index (χ1v) is 17.5. The standard InChI is InChI=1S/C48H32N2O2/c1-4-14-33(15-5-1)34-16-12-21-37(30-34)49(35-17-6-2-7-18-35)38-27-29-46-43(31-38)41-28-26-39(32-47(41)51-46)50(36-19-8-3-9-20-36)44-24-13-23-42-40-22-10-11-25-45(40)52-48(42)44/h1-32H. The molecule has 0 aliphatic carbocycles. The molecule has 2 aromatic heterocycles. The highest BCUT2D eigenvalue weighted by molar-refractivity contribution is 6.11. The van der Waals surface area contributed by atoms with Gasteiger partial charge in [-0.3, -0.25) is 0 Å². The van der Waals surface area contributed by atoms with Crippen molar-refractivity contribution in [3.8, 4) is 11.1 Å². The van der Waals surface area contributed by atoms with Gasteiger partial charge in [0.25, 0.3) is 0 Å². The lowest BCUT2D eigenvalue weighted by Crippen LogP contribution is -2.10. The van der Waals surface area contributed by atoms with Crippen molar-refractivity contribution in [1.82, 2.24) is 0 Å². The zero-order chi connectivity index (χ0) is 34.4. The van der Waals surface area contributed by atoms with E-state index < -0.39 is 0 Å². The van der Waals surface area contributed by atoms with E-state index in [1.54, 1.807) is 0 Å². The zero-order valence-corrected chi connectivity index (χ0v) is 28.2. The molecule has 4 heteroatoms. The van der Waals surface area contributed by atoms with E-state index in [1.165, 1.54) is 11.1 Å². The third kappa shape index (κ3) is 5.09. The van der Waals surface area contributed by atoms with Crippen LogP contribution in [0.15, 0.2) is 203 Å². The number of hydrogen-bond acceptors (Lipinski definition) is 4. The molecule has 0 radical (unpaired) electrons. The Morgan fingerprint density at radius 2 is 0.846 bits per heavy atom. The molecule has 10 aromatic rings. The number of rotatable bonds is 7. The Kier molecular flexibility index (Phi) is 7.10. The van der Waals surface area contributed by atoms with Crippen molar-refractivity contribution in [1.29, 1.82) is 0 Å². The Hall–Kier alpha value is -7.04. The van der Waals surface area contributed by atoms with Crippen molar-refractivity contribution in [2.24, 2.45) is 0 Å². The van der Waals surface area contributed by atoms with Crippen LogP contribution >= 0.6 is 0 Å². The molecule has 0 saturated carbocycles. The van der Waals surface area contributed by atoms with Crippen molar-refractivity contribution >= 4 is 78.0 Å². The summed E-state index contributed by atoms with van der Waals surface area (Å²) in [6.45, 7) is 0. The number of furan rings is 2. The molecule has 10 rings (SSSR count). The Balaban J connectivity index is 1.11. The predicted octanol–water partition coefficient (Wildman–Crippen LogP) is 14.1. The molecule has 0 spiro atoms. The molecule has 0 aliphatic rings. The number of fused-ring (bicyclic) bond motifs is 6. The predicted molar refractivity (Wildman–Crippen MR) is 216 cm³/mol. The quantitative estimate of drug-likeness (QED) is 0.169. The lowest BCUT2D eigenvalue weighted by atomic mass is 10.0. The van der Waals surface area contributed by atoms with Crippen LogP contribution in [0.1, 0.15) is 0 Å². The monoisotopic (exact) mass is 668 g/mol. The summed E-state index contributed by atoms with van der Waals surface area (Å²) >= 11 is 0. The smallest absolute Gasteiger partial charge is 0.159 e. The van der Waals surface area contributed by atoms with Crippen LogP contribution in [0.2, 0.25) is 0 Å². The number of para-hydroxylation sites is 4. The molecule has 0 aliphatic heterocycles. The maximum atomic E-state index is 6.61. The van der Waals surface area contributed by atoms with Gasteiger partial charge in [-0.2, -0.15) is 0 Å². The van der Waals surface area contributed by atoms with E-state index in [2.05, 4.69) is 186 Å².